The Morgan fingerprint density at radius 2 is 1.92 bits per heavy atom. The summed E-state index contributed by atoms with van der Waals surface area (Å²) in [5.41, 5.74) is 4.23. The van der Waals surface area contributed by atoms with E-state index in [9.17, 15) is 0 Å². The van der Waals surface area contributed by atoms with Crippen molar-refractivity contribution in [3.63, 3.8) is 0 Å². The van der Waals surface area contributed by atoms with E-state index in [1.54, 1.807) is 0 Å². The van der Waals surface area contributed by atoms with Crippen LogP contribution in [0.1, 0.15) is 16.7 Å². The first-order valence-electron chi connectivity index (χ1n) is 7.85. The first kappa shape index (κ1) is 17.8. The molecule has 0 amide bonds. The van der Waals surface area contributed by atoms with Crippen molar-refractivity contribution >= 4 is 34.9 Å². The molecule has 4 rings (SSSR count). The van der Waals surface area contributed by atoms with Crippen LogP contribution in [0.5, 0.6) is 11.5 Å². The van der Waals surface area contributed by atoms with Gasteiger partial charge in [0.05, 0.1) is 5.52 Å². The third kappa shape index (κ3) is 3.66. The SMILES string of the molecule is Cc1cccc2cc(CNCc3ccc4c(c3)OCO4)c(Cl)nc12.Cl. The molecule has 3 aromatic rings. The lowest BCUT2D eigenvalue weighted by Crippen LogP contribution is -2.13. The number of halogens is 2. The normalized spacial score (nSPS) is 12.2. The molecule has 25 heavy (non-hydrogen) atoms. The van der Waals surface area contributed by atoms with E-state index in [4.69, 9.17) is 21.1 Å². The van der Waals surface area contributed by atoms with Crippen LogP contribution in [-0.4, -0.2) is 11.8 Å². The zero-order valence-corrected chi connectivity index (χ0v) is 15.3. The van der Waals surface area contributed by atoms with Gasteiger partial charge in [0.15, 0.2) is 11.5 Å². The first-order chi connectivity index (χ1) is 11.7. The Morgan fingerprint density at radius 1 is 1.08 bits per heavy atom. The minimum Gasteiger partial charge on any atom is -0.454 e. The summed E-state index contributed by atoms with van der Waals surface area (Å²) in [6.45, 7) is 3.72. The van der Waals surface area contributed by atoms with Gasteiger partial charge in [-0.15, -0.1) is 12.4 Å². The number of benzene rings is 2. The highest BCUT2D eigenvalue weighted by molar-refractivity contribution is 6.30. The molecule has 0 fully saturated rings. The van der Waals surface area contributed by atoms with E-state index >= 15 is 0 Å². The molecule has 1 aromatic heterocycles. The highest BCUT2D eigenvalue weighted by Crippen LogP contribution is 2.32. The number of nitrogens with zero attached hydrogens (tertiary/aromatic N) is 1. The minimum atomic E-state index is 0. The van der Waals surface area contributed by atoms with E-state index in [0.717, 1.165) is 45.6 Å². The Kier molecular flexibility index (Phi) is 5.33. The maximum absolute atomic E-state index is 6.35. The lowest BCUT2D eigenvalue weighted by atomic mass is 10.1. The molecule has 2 aromatic carbocycles. The van der Waals surface area contributed by atoms with Crippen LogP contribution in [-0.2, 0) is 13.1 Å². The average molecular weight is 377 g/mol. The van der Waals surface area contributed by atoms with Crippen LogP contribution in [0.4, 0.5) is 0 Å². The molecule has 0 radical (unpaired) electrons. The van der Waals surface area contributed by atoms with Gasteiger partial charge in [0.1, 0.15) is 5.15 Å². The molecule has 1 N–H and O–H groups in total. The second-order valence-corrected chi connectivity index (χ2v) is 6.23. The molecule has 4 nitrogen and oxygen atoms in total. The van der Waals surface area contributed by atoms with Crippen molar-refractivity contribution in [3.8, 4) is 11.5 Å². The number of hydrogen-bond donors (Lipinski definition) is 1. The van der Waals surface area contributed by atoms with Crippen molar-refractivity contribution in [1.82, 2.24) is 10.3 Å². The fourth-order valence-corrected chi connectivity index (χ4v) is 3.09. The number of ether oxygens (including phenoxy) is 2. The van der Waals surface area contributed by atoms with Crippen LogP contribution in [0.3, 0.4) is 0 Å². The molecule has 1 aliphatic rings. The predicted octanol–water partition coefficient (Wildman–Crippen LogP) is 4.64. The van der Waals surface area contributed by atoms with E-state index < -0.39 is 0 Å². The van der Waals surface area contributed by atoms with Crippen LogP contribution < -0.4 is 14.8 Å². The summed E-state index contributed by atoms with van der Waals surface area (Å²) in [4.78, 5) is 4.54. The Bertz CT molecular complexity index is 915. The summed E-state index contributed by atoms with van der Waals surface area (Å²) in [5, 5.41) is 5.07. The number of rotatable bonds is 4. The van der Waals surface area contributed by atoms with Crippen molar-refractivity contribution in [1.29, 1.82) is 0 Å². The van der Waals surface area contributed by atoms with Crippen LogP contribution in [0.2, 0.25) is 5.15 Å². The number of nitrogens with one attached hydrogen (secondary N) is 1. The van der Waals surface area contributed by atoms with Gasteiger partial charge in [-0.3, -0.25) is 0 Å². The molecule has 130 valence electrons. The summed E-state index contributed by atoms with van der Waals surface area (Å²) in [7, 11) is 0. The summed E-state index contributed by atoms with van der Waals surface area (Å²) in [6, 6.07) is 14.2. The van der Waals surface area contributed by atoms with Crippen LogP contribution in [0, 0.1) is 6.92 Å². The Labute approximate surface area is 157 Å². The maximum Gasteiger partial charge on any atom is 0.231 e. The second kappa shape index (κ2) is 7.48. The van der Waals surface area contributed by atoms with Crippen molar-refractivity contribution in [3.05, 3.63) is 64.3 Å². The Morgan fingerprint density at radius 3 is 2.80 bits per heavy atom. The topological polar surface area (TPSA) is 43.4 Å². The molecule has 1 aliphatic heterocycles. The number of para-hydroxylation sites is 1. The first-order valence-corrected chi connectivity index (χ1v) is 8.22. The summed E-state index contributed by atoms with van der Waals surface area (Å²) in [6.07, 6.45) is 0. The van der Waals surface area contributed by atoms with Gasteiger partial charge < -0.3 is 14.8 Å². The Hall–Kier alpha value is -2.01. The zero-order valence-electron chi connectivity index (χ0n) is 13.7. The zero-order chi connectivity index (χ0) is 16.5. The van der Waals surface area contributed by atoms with E-state index in [-0.39, 0.29) is 12.4 Å². The molecule has 0 spiro atoms. The average Bonchev–Trinajstić information content (AvgIpc) is 3.04. The van der Waals surface area contributed by atoms with Crippen molar-refractivity contribution in [2.75, 3.05) is 6.79 Å². The van der Waals surface area contributed by atoms with Crippen LogP contribution >= 0.6 is 24.0 Å². The van der Waals surface area contributed by atoms with Gasteiger partial charge in [0.2, 0.25) is 6.79 Å². The number of hydrogen-bond acceptors (Lipinski definition) is 4. The lowest BCUT2D eigenvalue weighted by Gasteiger charge is -2.09. The quantitative estimate of drug-likeness (QED) is 0.673. The number of aryl methyl sites for hydroxylation is 1. The van der Waals surface area contributed by atoms with Gasteiger partial charge in [-0.25, -0.2) is 4.98 Å². The number of aromatic nitrogens is 1. The third-order valence-corrected chi connectivity index (χ3v) is 4.48. The molecule has 0 unspecified atom stereocenters. The molecule has 0 saturated heterocycles. The van der Waals surface area contributed by atoms with Gasteiger partial charge in [-0.2, -0.15) is 0 Å². The standard InChI is InChI=1S/C19H17ClN2O2.ClH/c1-12-3-2-4-14-8-15(19(20)22-18(12)14)10-21-9-13-5-6-16-17(7-13)24-11-23-16;/h2-8,21H,9-11H2,1H3;1H. The van der Waals surface area contributed by atoms with E-state index in [1.165, 1.54) is 0 Å². The smallest absolute Gasteiger partial charge is 0.231 e. The lowest BCUT2D eigenvalue weighted by molar-refractivity contribution is 0.174. The van der Waals surface area contributed by atoms with Gasteiger partial charge in [0.25, 0.3) is 0 Å². The van der Waals surface area contributed by atoms with E-state index in [2.05, 4.69) is 22.4 Å². The molecular formula is C19H18Cl2N2O2. The van der Waals surface area contributed by atoms with Crippen molar-refractivity contribution < 1.29 is 9.47 Å². The second-order valence-electron chi connectivity index (χ2n) is 5.88. The van der Waals surface area contributed by atoms with Crippen LogP contribution in [0.25, 0.3) is 10.9 Å². The van der Waals surface area contributed by atoms with Gasteiger partial charge in [0, 0.05) is 24.0 Å². The van der Waals surface area contributed by atoms with Gasteiger partial charge in [-0.1, -0.05) is 35.9 Å². The van der Waals surface area contributed by atoms with Gasteiger partial charge >= 0.3 is 0 Å². The third-order valence-electron chi connectivity index (χ3n) is 4.16. The minimum absolute atomic E-state index is 0. The number of pyridine rings is 1. The fraction of sp³-hybridized carbons (Fsp3) is 0.211. The molecule has 2 heterocycles. The maximum atomic E-state index is 6.35. The molecule has 6 heteroatoms. The predicted molar refractivity (Wildman–Crippen MR) is 102 cm³/mol. The van der Waals surface area contributed by atoms with Gasteiger partial charge in [-0.05, 0) is 36.2 Å². The van der Waals surface area contributed by atoms with Crippen molar-refractivity contribution in [2.45, 2.75) is 20.0 Å². The van der Waals surface area contributed by atoms with Crippen molar-refractivity contribution in [2.24, 2.45) is 0 Å². The summed E-state index contributed by atoms with van der Waals surface area (Å²) < 4.78 is 10.7. The largest absolute Gasteiger partial charge is 0.454 e. The highest BCUT2D eigenvalue weighted by atomic mass is 35.5. The monoisotopic (exact) mass is 376 g/mol. The summed E-state index contributed by atoms with van der Waals surface area (Å²) >= 11 is 6.35. The van der Waals surface area contributed by atoms with E-state index in [0.29, 0.717) is 18.5 Å². The molecule has 0 aliphatic carbocycles. The molecule has 0 bridgehead atoms. The Balaban J connectivity index is 0.00000182. The summed E-state index contributed by atoms with van der Waals surface area (Å²) in [5.74, 6) is 1.60. The molecular weight excluding hydrogens is 359 g/mol. The molecule has 0 atom stereocenters. The fourth-order valence-electron chi connectivity index (χ4n) is 2.88. The van der Waals surface area contributed by atoms with E-state index in [1.807, 2.05) is 37.3 Å². The highest BCUT2D eigenvalue weighted by Gasteiger charge is 2.13. The molecule has 0 saturated carbocycles. The number of fused-ring (bicyclic) bond motifs is 2. The van der Waals surface area contributed by atoms with Crippen LogP contribution in [0.15, 0.2) is 42.5 Å².